The van der Waals surface area contributed by atoms with Crippen molar-refractivity contribution < 1.29 is 39.6 Å². The predicted molar refractivity (Wildman–Crippen MR) is 87.7 cm³/mol. The molecular formula is C14H30N2O8. The second kappa shape index (κ2) is 20.8. The summed E-state index contributed by atoms with van der Waals surface area (Å²) in [5, 5.41) is 29.7. The van der Waals surface area contributed by atoms with Crippen molar-refractivity contribution in [2.24, 2.45) is 11.5 Å². The molecule has 10 nitrogen and oxygen atoms in total. The molecule has 0 aliphatic heterocycles. The van der Waals surface area contributed by atoms with Crippen molar-refractivity contribution in [3.8, 4) is 0 Å². The fourth-order valence-corrected chi connectivity index (χ4v) is 1.19. The number of carboxylic acids is 4. The zero-order valence-corrected chi connectivity index (χ0v) is 14.6. The van der Waals surface area contributed by atoms with Crippen molar-refractivity contribution in [2.75, 3.05) is 0 Å². The summed E-state index contributed by atoms with van der Waals surface area (Å²) in [6.45, 7) is 4.33. The van der Waals surface area contributed by atoms with Gasteiger partial charge in [-0.3, -0.25) is 19.2 Å². The molecule has 144 valence electrons. The molecule has 0 amide bonds. The molecule has 0 heterocycles. The normalized spacial score (nSPS) is 17.4. The molecule has 1 fully saturated rings. The first-order chi connectivity index (χ1) is 10.7. The number of carbonyl (C=O) groups is 4. The number of carboxylic acid groups (broad SMARTS) is 4. The van der Waals surface area contributed by atoms with Crippen LogP contribution in [-0.2, 0) is 19.2 Å². The minimum atomic E-state index is -0.833. The molecule has 2 atom stereocenters. The van der Waals surface area contributed by atoms with Gasteiger partial charge in [0.05, 0.1) is 0 Å². The van der Waals surface area contributed by atoms with E-state index in [9.17, 15) is 0 Å². The lowest BCUT2D eigenvalue weighted by atomic mass is 9.92. The number of nitrogens with two attached hydrogens (primary N) is 2. The van der Waals surface area contributed by atoms with Gasteiger partial charge in [0.25, 0.3) is 23.9 Å². The fraction of sp³-hybridized carbons (Fsp3) is 0.714. The average Bonchev–Trinajstić information content (AvgIpc) is 2.30. The molecule has 1 aliphatic rings. The number of hydrogen-bond acceptors (Lipinski definition) is 6. The molecule has 1 saturated carbocycles. The molecule has 1 aliphatic carbocycles. The standard InChI is InChI=1S/C6H14N2.4C2H4O2/c7-5-3-1-2-4-6(5)8;4*1-2(3)4/h5-6H,1-4,7-8H2;4*1H3,(H,3,4). The SMILES string of the molecule is CC(=O)O.CC(=O)O.CC(=O)O.CC(=O)O.NC1CCCCC1N. The van der Waals surface area contributed by atoms with Gasteiger partial charge in [-0.15, -0.1) is 0 Å². The highest BCUT2D eigenvalue weighted by molar-refractivity contribution is 5.63. The van der Waals surface area contributed by atoms with Crippen LogP contribution in [-0.4, -0.2) is 56.4 Å². The van der Waals surface area contributed by atoms with Gasteiger partial charge in [0, 0.05) is 39.8 Å². The van der Waals surface area contributed by atoms with E-state index < -0.39 is 23.9 Å². The molecule has 8 N–H and O–H groups in total. The zero-order chi connectivity index (χ0) is 20.3. The second-order valence-electron chi connectivity index (χ2n) is 4.69. The Balaban J connectivity index is -0.000000110. The summed E-state index contributed by atoms with van der Waals surface area (Å²) in [5.41, 5.74) is 11.3. The Kier molecular flexibility index (Phi) is 25.8. The molecule has 0 bridgehead atoms. The predicted octanol–water partition coefficient (Wildman–Crippen LogP) is 0.579. The molecule has 0 saturated heterocycles. The lowest BCUT2D eigenvalue weighted by Crippen LogP contribution is -2.43. The van der Waals surface area contributed by atoms with Crippen LogP contribution >= 0.6 is 0 Å². The molecule has 0 aromatic heterocycles. The summed E-state index contributed by atoms with van der Waals surface area (Å²) < 4.78 is 0. The van der Waals surface area contributed by atoms with Crippen LogP contribution in [0.3, 0.4) is 0 Å². The van der Waals surface area contributed by atoms with Crippen molar-refractivity contribution in [2.45, 2.75) is 65.5 Å². The summed E-state index contributed by atoms with van der Waals surface area (Å²) in [7, 11) is 0. The third kappa shape index (κ3) is 90.4. The first-order valence-corrected chi connectivity index (χ1v) is 7.03. The van der Waals surface area contributed by atoms with E-state index in [1.54, 1.807) is 0 Å². The Labute approximate surface area is 141 Å². The van der Waals surface area contributed by atoms with Crippen molar-refractivity contribution in [1.29, 1.82) is 0 Å². The van der Waals surface area contributed by atoms with Crippen LogP contribution in [0.1, 0.15) is 53.4 Å². The monoisotopic (exact) mass is 354 g/mol. The zero-order valence-electron chi connectivity index (χ0n) is 14.6. The molecule has 0 radical (unpaired) electrons. The molecule has 0 aromatic carbocycles. The summed E-state index contributed by atoms with van der Waals surface area (Å²) in [6.07, 6.45) is 4.80. The van der Waals surface area contributed by atoms with Crippen molar-refractivity contribution in [3.05, 3.63) is 0 Å². The van der Waals surface area contributed by atoms with Crippen molar-refractivity contribution in [3.63, 3.8) is 0 Å². The number of rotatable bonds is 0. The largest absolute Gasteiger partial charge is 0.481 e. The maximum absolute atomic E-state index is 9.00. The van der Waals surface area contributed by atoms with E-state index in [1.165, 1.54) is 12.8 Å². The Bertz CT molecular complexity index is 287. The van der Waals surface area contributed by atoms with Gasteiger partial charge in [-0.25, -0.2) is 0 Å². The molecule has 1 rings (SSSR count). The van der Waals surface area contributed by atoms with Gasteiger partial charge in [0.1, 0.15) is 0 Å². The molecule has 24 heavy (non-hydrogen) atoms. The van der Waals surface area contributed by atoms with Crippen LogP contribution in [0, 0.1) is 0 Å². The molecule has 0 spiro atoms. The van der Waals surface area contributed by atoms with E-state index in [1.807, 2.05) is 0 Å². The fourth-order valence-electron chi connectivity index (χ4n) is 1.19. The molecule has 2 unspecified atom stereocenters. The highest BCUT2D eigenvalue weighted by Crippen LogP contribution is 2.14. The van der Waals surface area contributed by atoms with E-state index in [4.69, 9.17) is 51.1 Å². The maximum Gasteiger partial charge on any atom is 0.300 e. The highest BCUT2D eigenvalue weighted by atomic mass is 16.4. The van der Waals surface area contributed by atoms with Gasteiger partial charge >= 0.3 is 0 Å². The van der Waals surface area contributed by atoms with Crippen LogP contribution in [0.5, 0.6) is 0 Å². The minimum absolute atomic E-state index is 0.281. The van der Waals surface area contributed by atoms with Gasteiger partial charge in [-0.05, 0) is 12.8 Å². The third-order valence-corrected chi connectivity index (χ3v) is 1.87. The van der Waals surface area contributed by atoms with E-state index in [0.717, 1.165) is 40.5 Å². The van der Waals surface area contributed by atoms with Crippen LogP contribution in [0.25, 0.3) is 0 Å². The van der Waals surface area contributed by atoms with Gasteiger partial charge in [-0.2, -0.15) is 0 Å². The smallest absolute Gasteiger partial charge is 0.300 e. The number of aliphatic carboxylic acids is 4. The Morgan fingerprint density at radius 3 is 0.833 bits per heavy atom. The van der Waals surface area contributed by atoms with Gasteiger partial charge in [0.15, 0.2) is 0 Å². The van der Waals surface area contributed by atoms with Crippen molar-refractivity contribution in [1.82, 2.24) is 0 Å². The Hall–Kier alpha value is -2.20. The van der Waals surface area contributed by atoms with Crippen LogP contribution in [0.2, 0.25) is 0 Å². The highest BCUT2D eigenvalue weighted by Gasteiger charge is 2.16. The van der Waals surface area contributed by atoms with Crippen molar-refractivity contribution >= 4 is 23.9 Å². The molecular weight excluding hydrogens is 324 g/mol. The lowest BCUT2D eigenvalue weighted by Gasteiger charge is -2.24. The summed E-state index contributed by atoms with van der Waals surface area (Å²) in [4.78, 5) is 36.0. The van der Waals surface area contributed by atoms with Crippen LogP contribution < -0.4 is 11.5 Å². The summed E-state index contributed by atoms with van der Waals surface area (Å²) >= 11 is 0. The first-order valence-electron chi connectivity index (χ1n) is 7.03. The number of hydrogen-bond donors (Lipinski definition) is 6. The van der Waals surface area contributed by atoms with Gasteiger partial charge < -0.3 is 31.9 Å². The van der Waals surface area contributed by atoms with Gasteiger partial charge in [-0.1, -0.05) is 12.8 Å². The topological polar surface area (TPSA) is 201 Å². The second-order valence-corrected chi connectivity index (χ2v) is 4.69. The molecule has 10 heteroatoms. The quantitative estimate of drug-likeness (QED) is 0.357. The van der Waals surface area contributed by atoms with Gasteiger partial charge in [0.2, 0.25) is 0 Å². The van der Waals surface area contributed by atoms with E-state index in [0.29, 0.717) is 0 Å². The van der Waals surface area contributed by atoms with Crippen LogP contribution in [0.15, 0.2) is 0 Å². The average molecular weight is 354 g/mol. The lowest BCUT2D eigenvalue weighted by molar-refractivity contribution is -0.135. The minimum Gasteiger partial charge on any atom is -0.481 e. The summed E-state index contributed by atoms with van der Waals surface area (Å²) in [6, 6.07) is 0.562. The van der Waals surface area contributed by atoms with E-state index in [2.05, 4.69) is 0 Å². The first kappa shape index (κ1) is 29.8. The Morgan fingerprint density at radius 1 is 0.625 bits per heavy atom. The van der Waals surface area contributed by atoms with E-state index in [-0.39, 0.29) is 12.1 Å². The maximum atomic E-state index is 9.00. The summed E-state index contributed by atoms with van der Waals surface area (Å²) in [5.74, 6) is -3.33. The third-order valence-electron chi connectivity index (χ3n) is 1.87. The Morgan fingerprint density at radius 2 is 0.750 bits per heavy atom. The van der Waals surface area contributed by atoms with Crippen LogP contribution in [0.4, 0.5) is 0 Å². The molecule has 0 aromatic rings. The van der Waals surface area contributed by atoms with E-state index >= 15 is 0 Å².